The van der Waals surface area contributed by atoms with E-state index in [1.165, 1.54) is 10.9 Å². The van der Waals surface area contributed by atoms with Gasteiger partial charge < -0.3 is 5.11 Å². The van der Waals surface area contributed by atoms with Crippen LogP contribution in [0.1, 0.15) is 47.1 Å². The molecule has 0 spiro atoms. The highest BCUT2D eigenvalue weighted by Crippen LogP contribution is 2.35. The van der Waals surface area contributed by atoms with Crippen LogP contribution in [0.5, 0.6) is 0 Å². The highest BCUT2D eigenvalue weighted by atomic mass is 16.4. The Morgan fingerprint density at radius 2 is 2.24 bits per heavy atom. The first-order valence-electron chi connectivity index (χ1n) is 5.76. The van der Waals surface area contributed by atoms with Crippen LogP contribution >= 0.6 is 0 Å². The zero-order valence-corrected chi connectivity index (χ0v) is 9.55. The predicted octanol–water partition coefficient (Wildman–Crippen LogP) is 2.00. The Morgan fingerprint density at radius 3 is 2.82 bits per heavy atom. The van der Waals surface area contributed by atoms with Crippen molar-refractivity contribution < 1.29 is 9.90 Å². The van der Waals surface area contributed by atoms with Gasteiger partial charge in [-0.2, -0.15) is 5.10 Å². The quantitative estimate of drug-likeness (QED) is 0.858. The van der Waals surface area contributed by atoms with Gasteiger partial charge in [0.2, 0.25) is 0 Å². The lowest BCUT2D eigenvalue weighted by Crippen LogP contribution is -2.11. The number of hydrogen-bond acceptors (Lipinski definition) is 3. The molecule has 0 saturated heterocycles. The van der Waals surface area contributed by atoms with E-state index in [1.54, 1.807) is 13.0 Å². The summed E-state index contributed by atoms with van der Waals surface area (Å²) in [5.74, 6) is -0.484. The van der Waals surface area contributed by atoms with Gasteiger partial charge >= 0.3 is 5.97 Å². The monoisotopic (exact) mass is 231 g/mol. The summed E-state index contributed by atoms with van der Waals surface area (Å²) in [6.45, 7) is 1.79. The van der Waals surface area contributed by atoms with Crippen LogP contribution in [0.15, 0.2) is 12.1 Å². The number of aromatic carboxylic acids is 1. The molecular formula is C12H13N3O2. The molecule has 2 heterocycles. The second kappa shape index (κ2) is 3.55. The van der Waals surface area contributed by atoms with Crippen LogP contribution in [0.4, 0.5) is 0 Å². The van der Waals surface area contributed by atoms with Crippen LogP contribution in [0.2, 0.25) is 0 Å². The number of aryl methyl sites for hydroxylation is 1. The van der Waals surface area contributed by atoms with Crippen LogP contribution in [0.25, 0.3) is 5.65 Å². The average molecular weight is 231 g/mol. The van der Waals surface area contributed by atoms with Gasteiger partial charge in [0, 0.05) is 17.7 Å². The van der Waals surface area contributed by atoms with Crippen molar-refractivity contribution in [1.82, 2.24) is 14.6 Å². The van der Waals surface area contributed by atoms with Crippen molar-refractivity contribution in [2.45, 2.75) is 32.1 Å². The Bertz CT molecular complexity index is 599. The Kier molecular flexibility index (Phi) is 2.14. The molecule has 1 N–H and O–H groups in total. The standard InChI is InChI=1S/C12H13N3O2/c1-7-5-10(12(16)17)15-11(13-7)6-9(14-15)8-3-2-4-8/h5-6,8H,2-4H2,1H3,(H,16,17). The fourth-order valence-electron chi connectivity index (χ4n) is 2.17. The maximum atomic E-state index is 11.1. The van der Waals surface area contributed by atoms with E-state index in [1.807, 2.05) is 6.07 Å². The predicted molar refractivity (Wildman–Crippen MR) is 61.3 cm³/mol. The number of aromatic nitrogens is 3. The van der Waals surface area contributed by atoms with Crippen molar-refractivity contribution in [2.24, 2.45) is 0 Å². The molecule has 2 aromatic heterocycles. The number of hydrogen-bond donors (Lipinski definition) is 1. The van der Waals surface area contributed by atoms with E-state index >= 15 is 0 Å². The highest BCUT2D eigenvalue weighted by Gasteiger charge is 2.23. The maximum Gasteiger partial charge on any atom is 0.354 e. The number of fused-ring (bicyclic) bond motifs is 1. The van der Waals surface area contributed by atoms with Gasteiger partial charge in [0.25, 0.3) is 0 Å². The van der Waals surface area contributed by atoms with Crippen molar-refractivity contribution in [3.8, 4) is 0 Å². The van der Waals surface area contributed by atoms with Gasteiger partial charge in [-0.3, -0.25) is 0 Å². The summed E-state index contributed by atoms with van der Waals surface area (Å²) in [5, 5.41) is 13.5. The molecule has 1 saturated carbocycles. The number of rotatable bonds is 2. The number of carboxylic acids is 1. The SMILES string of the molecule is Cc1cc(C(=O)O)n2nc(C3CCC3)cc2n1. The fraction of sp³-hybridized carbons (Fsp3) is 0.417. The van der Waals surface area contributed by atoms with E-state index in [9.17, 15) is 4.79 Å². The third-order valence-corrected chi connectivity index (χ3v) is 3.32. The Hall–Kier alpha value is -1.91. The molecule has 0 bridgehead atoms. The molecule has 0 atom stereocenters. The minimum absolute atomic E-state index is 0.179. The van der Waals surface area contributed by atoms with E-state index in [2.05, 4.69) is 10.1 Å². The van der Waals surface area contributed by atoms with E-state index in [-0.39, 0.29) is 5.69 Å². The molecule has 3 rings (SSSR count). The number of carboxylic acid groups (broad SMARTS) is 1. The van der Waals surface area contributed by atoms with Crippen molar-refractivity contribution >= 4 is 11.6 Å². The molecular weight excluding hydrogens is 218 g/mol. The van der Waals surface area contributed by atoms with E-state index in [4.69, 9.17) is 5.11 Å². The third kappa shape index (κ3) is 1.58. The first kappa shape index (κ1) is 10.3. The van der Waals surface area contributed by atoms with Crippen molar-refractivity contribution in [1.29, 1.82) is 0 Å². The van der Waals surface area contributed by atoms with Gasteiger partial charge in [0.05, 0.1) is 5.69 Å². The largest absolute Gasteiger partial charge is 0.477 e. The lowest BCUT2D eigenvalue weighted by molar-refractivity contribution is 0.0687. The molecule has 88 valence electrons. The summed E-state index contributed by atoms with van der Waals surface area (Å²) in [4.78, 5) is 15.5. The van der Waals surface area contributed by atoms with E-state index in [0.717, 1.165) is 18.5 Å². The number of nitrogens with zero attached hydrogens (tertiary/aromatic N) is 3. The van der Waals surface area contributed by atoms with Crippen molar-refractivity contribution in [3.05, 3.63) is 29.2 Å². The van der Waals surface area contributed by atoms with Crippen molar-refractivity contribution in [2.75, 3.05) is 0 Å². The zero-order chi connectivity index (χ0) is 12.0. The molecule has 0 amide bonds. The molecule has 1 fully saturated rings. The Morgan fingerprint density at radius 1 is 1.47 bits per heavy atom. The van der Waals surface area contributed by atoms with Gasteiger partial charge in [0.1, 0.15) is 0 Å². The third-order valence-electron chi connectivity index (χ3n) is 3.32. The topological polar surface area (TPSA) is 67.5 Å². The molecule has 5 heteroatoms. The molecule has 0 radical (unpaired) electrons. The first-order valence-corrected chi connectivity index (χ1v) is 5.76. The summed E-state index contributed by atoms with van der Waals surface area (Å²) in [7, 11) is 0. The van der Waals surface area contributed by atoms with E-state index < -0.39 is 5.97 Å². The zero-order valence-electron chi connectivity index (χ0n) is 9.55. The first-order chi connectivity index (χ1) is 8.15. The van der Waals surface area contributed by atoms with Gasteiger partial charge in [-0.1, -0.05) is 6.42 Å². The van der Waals surface area contributed by atoms with Crippen molar-refractivity contribution in [3.63, 3.8) is 0 Å². The van der Waals surface area contributed by atoms with Crippen LogP contribution in [0, 0.1) is 6.92 Å². The second-order valence-corrected chi connectivity index (χ2v) is 4.55. The van der Waals surface area contributed by atoms with Crippen LogP contribution in [0.3, 0.4) is 0 Å². The molecule has 5 nitrogen and oxygen atoms in total. The molecule has 1 aliphatic rings. The lowest BCUT2D eigenvalue weighted by Gasteiger charge is -2.22. The summed E-state index contributed by atoms with van der Waals surface area (Å²) < 4.78 is 1.43. The summed E-state index contributed by atoms with van der Waals surface area (Å²) >= 11 is 0. The molecule has 0 unspecified atom stereocenters. The Labute approximate surface area is 98.1 Å². The highest BCUT2D eigenvalue weighted by molar-refractivity contribution is 5.86. The number of carbonyl (C=O) groups is 1. The minimum atomic E-state index is -0.969. The van der Waals surface area contributed by atoms with Gasteiger partial charge in [-0.25, -0.2) is 14.3 Å². The van der Waals surface area contributed by atoms with Crippen LogP contribution < -0.4 is 0 Å². The van der Waals surface area contributed by atoms with Gasteiger partial charge in [-0.05, 0) is 25.8 Å². The maximum absolute atomic E-state index is 11.1. The van der Waals surface area contributed by atoms with Gasteiger partial charge in [-0.15, -0.1) is 0 Å². The summed E-state index contributed by atoms with van der Waals surface area (Å²) in [6, 6.07) is 3.45. The normalized spacial score (nSPS) is 16.1. The van der Waals surface area contributed by atoms with Crippen LogP contribution in [-0.2, 0) is 0 Å². The summed E-state index contributed by atoms with van der Waals surface area (Å²) in [5.41, 5.74) is 2.48. The molecule has 0 aromatic carbocycles. The smallest absolute Gasteiger partial charge is 0.354 e. The van der Waals surface area contributed by atoms with Gasteiger partial charge in [0.15, 0.2) is 11.3 Å². The average Bonchev–Trinajstić information content (AvgIpc) is 2.56. The molecule has 17 heavy (non-hydrogen) atoms. The molecule has 1 aliphatic carbocycles. The minimum Gasteiger partial charge on any atom is -0.477 e. The second-order valence-electron chi connectivity index (χ2n) is 4.55. The Balaban J connectivity index is 2.19. The van der Waals surface area contributed by atoms with E-state index in [0.29, 0.717) is 17.3 Å². The summed E-state index contributed by atoms with van der Waals surface area (Å²) in [6.07, 6.45) is 3.52. The van der Waals surface area contributed by atoms with Crippen LogP contribution in [-0.4, -0.2) is 25.7 Å². The lowest BCUT2D eigenvalue weighted by atomic mass is 9.83. The molecule has 0 aliphatic heterocycles. The molecule has 2 aromatic rings. The fourth-order valence-corrected chi connectivity index (χ4v) is 2.17.